The Morgan fingerprint density at radius 1 is 1.27 bits per heavy atom. The van der Waals surface area contributed by atoms with E-state index in [4.69, 9.17) is 10.5 Å². The Labute approximate surface area is 155 Å². The lowest BCUT2D eigenvalue weighted by molar-refractivity contribution is -0.113. The minimum Gasteiger partial charge on any atom is -0.465 e. The largest absolute Gasteiger partial charge is 0.465 e. The second kappa shape index (κ2) is 6.84. The number of aliphatic imine (C=N–C) groups is 1. The van der Waals surface area contributed by atoms with Crippen LogP contribution in [0, 0.1) is 20.8 Å². The van der Waals surface area contributed by atoms with Crippen molar-refractivity contribution in [2.45, 2.75) is 20.8 Å². The number of hydrogen-bond donors (Lipinski definition) is 1. The van der Waals surface area contributed by atoms with Gasteiger partial charge in [-0.3, -0.25) is 4.79 Å². The second-order valence-electron chi connectivity index (χ2n) is 6.02. The molecule has 1 amide bonds. The molecule has 26 heavy (non-hydrogen) atoms. The van der Waals surface area contributed by atoms with Gasteiger partial charge in [-0.15, -0.1) is 0 Å². The number of aryl methyl sites for hydroxylation is 2. The maximum Gasteiger partial charge on any atom is 0.337 e. The number of benzene rings is 1. The molecular formula is C19H19N3O3S. The Morgan fingerprint density at radius 3 is 2.62 bits per heavy atom. The molecule has 0 fully saturated rings. The van der Waals surface area contributed by atoms with Crippen LogP contribution < -0.4 is 5.73 Å². The summed E-state index contributed by atoms with van der Waals surface area (Å²) in [4.78, 5) is 28.0. The van der Waals surface area contributed by atoms with E-state index in [1.54, 1.807) is 12.1 Å². The lowest BCUT2D eigenvalue weighted by atomic mass is 10.1. The van der Waals surface area contributed by atoms with Crippen LogP contribution in [0.5, 0.6) is 0 Å². The van der Waals surface area contributed by atoms with Gasteiger partial charge in [-0.1, -0.05) is 6.07 Å². The molecule has 6 nitrogen and oxygen atoms in total. The normalized spacial score (nSPS) is 15.5. The molecule has 0 saturated heterocycles. The van der Waals surface area contributed by atoms with E-state index in [0.29, 0.717) is 10.5 Å². The first-order valence-corrected chi connectivity index (χ1v) is 8.79. The van der Waals surface area contributed by atoms with E-state index in [-0.39, 0.29) is 17.0 Å². The summed E-state index contributed by atoms with van der Waals surface area (Å²) in [5.41, 5.74) is 10.9. The summed E-state index contributed by atoms with van der Waals surface area (Å²) >= 11 is 1.17. The number of hydrogen-bond acceptors (Lipinski definition) is 5. The highest BCUT2D eigenvalue weighted by Gasteiger charge is 2.21. The number of rotatable bonds is 3. The highest BCUT2D eigenvalue weighted by Crippen LogP contribution is 2.30. The standard InChI is InChI=1S/C19H19N3O3S/c1-10-5-6-13(18(24)25-4)8-15(10)22-11(2)7-14(12(22)3)9-16-17(23)21-19(20)26-16/h5-9H,1-4H3,(H2,20,21,23). The van der Waals surface area contributed by atoms with Gasteiger partial charge in [0, 0.05) is 17.1 Å². The lowest BCUT2D eigenvalue weighted by Crippen LogP contribution is -2.06. The van der Waals surface area contributed by atoms with Crippen molar-refractivity contribution in [3.8, 4) is 5.69 Å². The molecule has 2 N–H and O–H groups in total. The number of carbonyl (C=O) groups excluding carboxylic acids is 2. The maximum absolute atomic E-state index is 11.9. The van der Waals surface area contributed by atoms with Crippen LogP contribution in [0.1, 0.15) is 32.9 Å². The maximum atomic E-state index is 11.9. The molecule has 7 heteroatoms. The summed E-state index contributed by atoms with van der Waals surface area (Å²) in [7, 11) is 1.36. The zero-order chi connectivity index (χ0) is 19.0. The SMILES string of the molecule is COC(=O)c1ccc(C)c(-n2c(C)cc(C=C3SC(N)=NC3=O)c2C)c1. The topological polar surface area (TPSA) is 86.7 Å². The van der Waals surface area contributed by atoms with Crippen LogP contribution in [0.4, 0.5) is 0 Å². The quantitative estimate of drug-likeness (QED) is 0.663. The molecule has 0 unspecified atom stereocenters. The predicted molar refractivity (Wildman–Crippen MR) is 104 cm³/mol. The molecule has 1 aliphatic heterocycles. The van der Waals surface area contributed by atoms with Gasteiger partial charge in [0.25, 0.3) is 5.91 Å². The van der Waals surface area contributed by atoms with Gasteiger partial charge >= 0.3 is 5.97 Å². The van der Waals surface area contributed by atoms with Gasteiger partial charge in [0.05, 0.1) is 17.6 Å². The number of aromatic nitrogens is 1. The van der Waals surface area contributed by atoms with Gasteiger partial charge in [0.1, 0.15) is 0 Å². The Kier molecular flexibility index (Phi) is 4.73. The number of methoxy groups -OCH3 is 1. The second-order valence-corrected chi connectivity index (χ2v) is 7.08. The summed E-state index contributed by atoms with van der Waals surface area (Å²) in [5.74, 6) is -0.696. The van der Waals surface area contributed by atoms with Crippen LogP contribution in [0.2, 0.25) is 0 Å². The van der Waals surface area contributed by atoms with E-state index in [2.05, 4.69) is 9.56 Å². The van der Waals surface area contributed by atoms with Crippen molar-refractivity contribution in [1.82, 2.24) is 4.57 Å². The molecule has 0 bridgehead atoms. The molecule has 2 heterocycles. The Bertz CT molecular complexity index is 986. The summed E-state index contributed by atoms with van der Waals surface area (Å²) in [6.45, 7) is 5.93. The fourth-order valence-electron chi connectivity index (χ4n) is 2.97. The molecule has 1 aromatic heterocycles. The third kappa shape index (κ3) is 3.17. The van der Waals surface area contributed by atoms with Gasteiger partial charge in [0.15, 0.2) is 5.17 Å². The molecule has 0 spiro atoms. The first kappa shape index (κ1) is 18.0. The monoisotopic (exact) mass is 369 g/mol. The van der Waals surface area contributed by atoms with Crippen LogP contribution in [0.15, 0.2) is 34.2 Å². The highest BCUT2D eigenvalue weighted by atomic mass is 32.2. The lowest BCUT2D eigenvalue weighted by Gasteiger charge is -2.14. The number of thioether (sulfide) groups is 1. The summed E-state index contributed by atoms with van der Waals surface area (Å²) in [5, 5.41) is 0.261. The zero-order valence-electron chi connectivity index (χ0n) is 15.0. The number of amidine groups is 1. The summed E-state index contributed by atoms with van der Waals surface area (Å²) < 4.78 is 6.88. The van der Waals surface area contributed by atoms with Gasteiger partial charge in [-0.25, -0.2) is 4.79 Å². The molecule has 1 aromatic carbocycles. The fraction of sp³-hybridized carbons (Fsp3) is 0.211. The van der Waals surface area contributed by atoms with Crippen molar-refractivity contribution in [1.29, 1.82) is 0 Å². The Balaban J connectivity index is 2.09. The van der Waals surface area contributed by atoms with E-state index in [9.17, 15) is 9.59 Å². The molecule has 3 rings (SSSR count). The molecule has 2 aromatic rings. The zero-order valence-corrected chi connectivity index (χ0v) is 15.8. The summed E-state index contributed by atoms with van der Waals surface area (Å²) in [6.07, 6.45) is 1.80. The molecule has 134 valence electrons. The first-order valence-electron chi connectivity index (χ1n) is 7.98. The van der Waals surface area contributed by atoms with Gasteiger partial charge in [-0.05, 0) is 67.9 Å². The van der Waals surface area contributed by atoms with Crippen LogP contribution in [-0.2, 0) is 9.53 Å². The molecule has 1 aliphatic rings. The van der Waals surface area contributed by atoms with Crippen molar-refractivity contribution in [2.24, 2.45) is 10.7 Å². The van der Waals surface area contributed by atoms with Crippen molar-refractivity contribution >= 4 is 34.9 Å². The van der Waals surface area contributed by atoms with Crippen molar-refractivity contribution in [2.75, 3.05) is 7.11 Å². The van der Waals surface area contributed by atoms with Gasteiger partial charge in [-0.2, -0.15) is 4.99 Å². The fourth-order valence-corrected chi connectivity index (χ4v) is 3.64. The van der Waals surface area contributed by atoms with E-state index >= 15 is 0 Å². The number of nitrogens with two attached hydrogens (primary N) is 1. The Morgan fingerprint density at radius 2 is 2.00 bits per heavy atom. The smallest absolute Gasteiger partial charge is 0.337 e. The van der Waals surface area contributed by atoms with Crippen LogP contribution in [-0.4, -0.2) is 28.7 Å². The summed E-state index contributed by atoms with van der Waals surface area (Å²) in [6, 6.07) is 7.45. The molecule has 0 atom stereocenters. The molecule has 0 aliphatic carbocycles. The minimum atomic E-state index is -0.378. The molecular weight excluding hydrogens is 350 g/mol. The van der Waals surface area contributed by atoms with E-state index < -0.39 is 0 Å². The van der Waals surface area contributed by atoms with Gasteiger partial charge < -0.3 is 15.0 Å². The van der Waals surface area contributed by atoms with Gasteiger partial charge in [0.2, 0.25) is 0 Å². The van der Waals surface area contributed by atoms with Crippen LogP contribution in [0.25, 0.3) is 11.8 Å². The molecule has 0 saturated carbocycles. The van der Waals surface area contributed by atoms with Crippen LogP contribution >= 0.6 is 11.8 Å². The highest BCUT2D eigenvalue weighted by molar-refractivity contribution is 8.18. The third-order valence-corrected chi connectivity index (χ3v) is 5.08. The van der Waals surface area contributed by atoms with Crippen molar-refractivity contribution < 1.29 is 14.3 Å². The average molecular weight is 369 g/mol. The number of carbonyl (C=O) groups is 2. The third-order valence-electron chi connectivity index (χ3n) is 4.27. The number of amides is 1. The predicted octanol–water partition coefficient (Wildman–Crippen LogP) is 3.12. The van der Waals surface area contributed by atoms with Crippen molar-refractivity contribution in [3.05, 3.63) is 57.2 Å². The van der Waals surface area contributed by atoms with E-state index in [1.165, 1.54) is 18.9 Å². The molecule has 0 radical (unpaired) electrons. The van der Waals surface area contributed by atoms with E-state index in [0.717, 1.165) is 28.2 Å². The average Bonchev–Trinajstić information content (AvgIpc) is 3.06. The first-order chi connectivity index (χ1) is 12.3. The number of esters is 1. The van der Waals surface area contributed by atoms with Crippen LogP contribution in [0.3, 0.4) is 0 Å². The van der Waals surface area contributed by atoms with E-state index in [1.807, 2.05) is 39.0 Å². The number of ether oxygens (including phenoxy) is 1. The minimum absolute atomic E-state index is 0.261. The number of nitrogens with zero attached hydrogens (tertiary/aromatic N) is 2. The Hall–Kier alpha value is -2.80. The van der Waals surface area contributed by atoms with Crippen molar-refractivity contribution in [3.63, 3.8) is 0 Å².